The van der Waals surface area contributed by atoms with Crippen LogP contribution in [0.5, 0.6) is 0 Å². The van der Waals surface area contributed by atoms with E-state index in [0.717, 1.165) is 18.2 Å². The maximum absolute atomic E-state index is 13.0. The van der Waals surface area contributed by atoms with E-state index in [1.165, 1.54) is 0 Å². The van der Waals surface area contributed by atoms with E-state index in [0.29, 0.717) is 0 Å². The summed E-state index contributed by atoms with van der Waals surface area (Å²) in [7, 11) is -3.82. The molecule has 0 aliphatic rings. The molecule has 7 heteroatoms. The molecular weight excluding hydrogens is 293 g/mol. The van der Waals surface area contributed by atoms with E-state index < -0.39 is 27.4 Å². The van der Waals surface area contributed by atoms with E-state index >= 15 is 0 Å². The summed E-state index contributed by atoms with van der Waals surface area (Å²) in [5, 5.41) is 9.52. The minimum absolute atomic E-state index is 0.124. The number of halogens is 2. The van der Waals surface area contributed by atoms with Crippen LogP contribution in [0.2, 0.25) is 5.02 Å². The predicted octanol–water partition coefficient (Wildman–Crippen LogP) is 2.16. The van der Waals surface area contributed by atoms with Crippen LogP contribution in [-0.2, 0) is 10.0 Å². The Morgan fingerprint density at radius 1 is 1.42 bits per heavy atom. The van der Waals surface area contributed by atoms with Gasteiger partial charge < -0.3 is 5.11 Å². The number of hydrogen-bond donors (Lipinski definition) is 2. The van der Waals surface area contributed by atoms with Gasteiger partial charge in [-0.1, -0.05) is 32.4 Å². The molecule has 0 spiro atoms. The number of rotatable bonds is 4. The summed E-state index contributed by atoms with van der Waals surface area (Å²) in [6.07, 6.45) is -0.835. The third-order valence-corrected chi connectivity index (χ3v) is 4.38. The molecule has 1 aromatic carbocycles. The fraction of sp³-hybridized carbons (Fsp3) is 0.500. The van der Waals surface area contributed by atoms with Crippen molar-refractivity contribution in [3.8, 4) is 0 Å². The molecule has 108 valence electrons. The lowest BCUT2D eigenvalue weighted by molar-refractivity contribution is 0.0677. The summed E-state index contributed by atoms with van der Waals surface area (Å²) < 4.78 is 39.1. The zero-order valence-electron chi connectivity index (χ0n) is 10.9. The Kier molecular flexibility index (Phi) is 4.95. The lowest BCUT2D eigenvalue weighted by atomic mass is 9.89. The first-order chi connectivity index (χ1) is 8.54. The van der Waals surface area contributed by atoms with Gasteiger partial charge in [-0.3, -0.25) is 0 Å². The Balaban J connectivity index is 2.85. The van der Waals surface area contributed by atoms with Crippen molar-refractivity contribution in [1.82, 2.24) is 4.72 Å². The fourth-order valence-corrected chi connectivity index (χ4v) is 2.53. The molecule has 19 heavy (non-hydrogen) atoms. The molecule has 1 atom stereocenters. The van der Waals surface area contributed by atoms with Crippen LogP contribution in [0.25, 0.3) is 0 Å². The quantitative estimate of drug-likeness (QED) is 0.895. The lowest BCUT2D eigenvalue weighted by Crippen LogP contribution is -2.39. The maximum Gasteiger partial charge on any atom is 0.240 e. The average molecular weight is 310 g/mol. The molecule has 0 heterocycles. The molecule has 4 nitrogen and oxygen atoms in total. The van der Waals surface area contributed by atoms with E-state index in [-0.39, 0.29) is 16.5 Å². The third-order valence-electron chi connectivity index (χ3n) is 2.67. The number of sulfonamides is 1. The number of hydrogen-bond acceptors (Lipinski definition) is 3. The summed E-state index contributed by atoms with van der Waals surface area (Å²) >= 11 is 5.54. The predicted molar refractivity (Wildman–Crippen MR) is 72.1 cm³/mol. The van der Waals surface area contributed by atoms with Crippen molar-refractivity contribution >= 4 is 21.6 Å². The summed E-state index contributed by atoms with van der Waals surface area (Å²) in [4.78, 5) is -0.139. The van der Waals surface area contributed by atoms with Gasteiger partial charge in [-0.25, -0.2) is 17.5 Å². The fourth-order valence-electron chi connectivity index (χ4n) is 1.22. The van der Waals surface area contributed by atoms with Gasteiger partial charge in [-0.15, -0.1) is 0 Å². The van der Waals surface area contributed by atoms with E-state index in [2.05, 4.69) is 4.72 Å². The molecule has 0 radical (unpaired) electrons. The summed E-state index contributed by atoms with van der Waals surface area (Å²) in [6.45, 7) is 5.25. The van der Waals surface area contributed by atoms with Crippen LogP contribution in [0.4, 0.5) is 4.39 Å². The van der Waals surface area contributed by atoms with E-state index in [1.807, 2.05) is 0 Å². The van der Waals surface area contributed by atoms with Crippen LogP contribution in [0, 0.1) is 11.2 Å². The molecule has 0 aliphatic carbocycles. The Morgan fingerprint density at radius 3 is 2.47 bits per heavy atom. The van der Waals surface area contributed by atoms with Crippen LogP contribution in [-0.4, -0.2) is 26.2 Å². The Bertz CT molecular complexity index is 555. The van der Waals surface area contributed by atoms with Gasteiger partial charge in [0.1, 0.15) is 5.82 Å². The Hall–Kier alpha value is -0.690. The first-order valence-corrected chi connectivity index (χ1v) is 7.53. The Morgan fingerprint density at radius 2 is 2.00 bits per heavy atom. The lowest BCUT2D eigenvalue weighted by Gasteiger charge is -2.25. The van der Waals surface area contributed by atoms with Crippen molar-refractivity contribution in [2.75, 3.05) is 6.54 Å². The largest absolute Gasteiger partial charge is 0.391 e. The molecule has 2 N–H and O–H groups in total. The first-order valence-electron chi connectivity index (χ1n) is 5.67. The monoisotopic (exact) mass is 309 g/mol. The van der Waals surface area contributed by atoms with Crippen molar-refractivity contribution in [2.24, 2.45) is 5.41 Å². The van der Waals surface area contributed by atoms with Gasteiger partial charge in [0.25, 0.3) is 0 Å². The second-order valence-corrected chi connectivity index (χ2v) is 7.48. The Labute approximate surface area is 117 Å². The van der Waals surface area contributed by atoms with Crippen LogP contribution in [0.1, 0.15) is 20.8 Å². The van der Waals surface area contributed by atoms with Crippen molar-refractivity contribution < 1.29 is 17.9 Å². The van der Waals surface area contributed by atoms with Crippen molar-refractivity contribution in [1.29, 1.82) is 0 Å². The molecule has 0 amide bonds. The molecule has 0 saturated heterocycles. The van der Waals surface area contributed by atoms with E-state index in [1.54, 1.807) is 20.8 Å². The van der Waals surface area contributed by atoms with Gasteiger partial charge in [0.2, 0.25) is 10.0 Å². The molecule has 0 bridgehead atoms. The van der Waals surface area contributed by atoms with Gasteiger partial charge in [0.05, 0.1) is 16.0 Å². The molecule has 0 saturated carbocycles. The molecule has 1 rings (SSSR count). The molecule has 1 aromatic rings. The second kappa shape index (κ2) is 5.75. The highest BCUT2D eigenvalue weighted by molar-refractivity contribution is 7.89. The molecule has 1 unspecified atom stereocenters. The standard InChI is InChI=1S/C12H17ClFNO3S/c1-12(2,3)11(16)7-15-19(17,18)8-4-5-10(14)9(13)6-8/h4-6,11,15-16H,7H2,1-3H3. The highest BCUT2D eigenvalue weighted by Gasteiger charge is 2.24. The first kappa shape index (κ1) is 16.4. The summed E-state index contributed by atoms with van der Waals surface area (Å²) in [5.41, 5.74) is -0.442. The van der Waals surface area contributed by atoms with Crippen LogP contribution < -0.4 is 4.72 Å². The molecule has 0 fully saturated rings. The van der Waals surface area contributed by atoms with Gasteiger partial charge in [0, 0.05) is 6.54 Å². The van der Waals surface area contributed by atoms with E-state index in [9.17, 15) is 17.9 Å². The van der Waals surface area contributed by atoms with Gasteiger partial charge in [0.15, 0.2) is 0 Å². The average Bonchev–Trinajstić information content (AvgIpc) is 2.28. The minimum Gasteiger partial charge on any atom is -0.391 e. The maximum atomic E-state index is 13.0. The van der Waals surface area contributed by atoms with Gasteiger partial charge in [-0.2, -0.15) is 0 Å². The molecule has 0 aromatic heterocycles. The number of benzene rings is 1. The molecular formula is C12H17ClFNO3S. The zero-order chi connectivity index (χ0) is 14.8. The highest BCUT2D eigenvalue weighted by atomic mass is 35.5. The molecule has 0 aliphatic heterocycles. The van der Waals surface area contributed by atoms with Crippen molar-refractivity contribution in [2.45, 2.75) is 31.8 Å². The normalized spacial score (nSPS) is 14.4. The number of aliphatic hydroxyl groups excluding tert-OH is 1. The van der Waals surface area contributed by atoms with E-state index in [4.69, 9.17) is 11.6 Å². The van der Waals surface area contributed by atoms with Gasteiger partial charge >= 0.3 is 0 Å². The zero-order valence-corrected chi connectivity index (χ0v) is 12.5. The van der Waals surface area contributed by atoms with Crippen molar-refractivity contribution in [3.63, 3.8) is 0 Å². The van der Waals surface area contributed by atoms with Gasteiger partial charge in [-0.05, 0) is 23.6 Å². The third kappa shape index (κ3) is 4.42. The second-order valence-electron chi connectivity index (χ2n) is 5.31. The smallest absolute Gasteiger partial charge is 0.240 e. The van der Waals surface area contributed by atoms with Crippen LogP contribution in [0.3, 0.4) is 0 Å². The highest BCUT2D eigenvalue weighted by Crippen LogP contribution is 2.21. The van der Waals surface area contributed by atoms with Crippen molar-refractivity contribution in [3.05, 3.63) is 29.0 Å². The van der Waals surface area contributed by atoms with Crippen LogP contribution in [0.15, 0.2) is 23.1 Å². The van der Waals surface area contributed by atoms with Crippen LogP contribution >= 0.6 is 11.6 Å². The number of aliphatic hydroxyl groups is 1. The topological polar surface area (TPSA) is 66.4 Å². The number of nitrogens with one attached hydrogen (secondary N) is 1. The summed E-state index contributed by atoms with van der Waals surface area (Å²) in [6, 6.07) is 3.13. The minimum atomic E-state index is -3.82. The SMILES string of the molecule is CC(C)(C)C(O)CNS(=O)(=O)c1ccc(F)c(Cl)c1. The summed E-state index contributed by atoms with van der Waals surface area (Å²) in [5.74, 6) is -0.685.